The van der Waals surface area contributed by atoms with Gasteiger partial charge in [-0.2, -0.15) is 0 Å². The zero-order chi connectivity index (χ0) is 11.8. The zero-order valence-electron chi connectivity index (χ0n) is 10.5. The maximum atomic E-state index is 11.8. The van der Waals surface area contributed by atoms with Crippen molar-refractivity contribution < 1.29 is 9.53 Å². The third-order valence-electron chi connectivity index (χ3n) is 3.01. The van der Waals surface area contributed by atoms with Crippen molar-refractivity contribution in [2.24, 2.45) is 5.92 Å². The van der Waals surface area contributed by atoms with Crippen LogP contribution in [0.15, 0.2) is 0 Å². The highest BCUT2D eigenvalue weighted by Crippen LogP contribution is 2.17. The van der Waals surface area contributed by atoms with Crippen LogP contribution in [0.3, 0.4) is 0 Å². The Labute approximate surface area is 98.3 Å². The zero-order valence-corrected chi connectivity index (χ0v) is 10.5. The fraction of sp³-hybridized carbons (Fsp3) is 0.917. The van der Waals surface area contributed by atoms with E-state index in [9.17, 15) is 4.79 Å². The van der Waals surface area contributed by atoms with Crippen LogP contribution in [0.4, 0.5) is 0 Å². The van der Waals surface area contributed by atoms with Crippen LogP contribution in [0, 0.1) is 5.92 Å². The van der Waals surface area contributed by atoms with E-state index in [1.165, 1.54) is 0 Å². The van der Waals surface area contributed by atoms with Gasteiger partial charge >= 0.3 is 0 Å². The number of hydrogen-bond acceptors (Lipinski definition) is 3. The van der Waals surface area contributed by atoms with Crippen LogP contribution < -0.4 is 5.32 Å². The molecule has 0 aromatic heterocycles. The molecule has 4 nitrogen and oxygen atoms in total. The Hall–Kier alpha value is -0.610. The lowest BCUT2D eigenvalue weighted by Crippen LogP contribution is -2.29. The summed E-state index contributed by atoms with van der Waals surface area (Å²) in [5.74, 6) is 0.849. The Morgan fingerprint density at radius 2 is 2.38 bits per heavy atom. The standard InChI is InChI=1S/C12H24N2O2/c1-3-16-10-11-6-8-14(9-11)12(15)5-4-7-13-2/h11,13H,3-10H2,1-2H3. The largest absolute Gasteiger partial charge is 0.381 e. The number of hydrogen-bond donors (Lipinski definition) is 1. The first kappa shape index (κ1) is 13.5. The molecule has 1 aliphatic heterocycles. The summed E-state index contributed by atoms with van der Waals surface area (Å²) < 4.78 is 5.40. The molecule has 1 fully saturated rings. The normalized spacial score (nSPS) is 20.4. The molecule has 0 aromatic carbocycles. The summed E-state index contributed by atoms with van der Waals surface area (Å²) in [4.78, 5) is 13.8. The van der Waals surface area contributed by atoms with E-state index in [-0.39, 0.29) is 0 Å². The SMILES string of the molecule is CCOCC1CCN(C(=O)CCCNC)C1. The smallest absolute Gasteiger partial charge is 0.222 e. The van der Waals surface area contributed by atoms with Gasteiger partial charge in [-0.25, -0.2) is 0 Å². The van der Waals surface area contributed by atoms with E-state index in [0.29, 0.717) is 18.2 Å². The number of amides is 1. The predicted octanol–water partition coefficient (Wildman–Crippen LogP) is 0.871. The van der Waals surface area contributed by atoms with E-state index in [4.69, 9.17) is 4.74 Å². The summed E-state index contributed by atoms with van der Waals surface area (Å²) in [6.45, 7) is 6.30. The summed E-state index contributed by atoms with van der Waals surface area (Å²) in [6, 6.07) is 0. The highest BCUT2D eigenvalue weighted by Gasteiger charge is 2.25. The molecule has 1 atom stereocenters. The molecule has 1 aliphatic rings. The van der Waals surface area contributed by atoms with Crippen LogP contribution >= 0.6 is 0 Å². The van der Waals surface area contributed by atoms with E-state index >= 15 is 0 Å². The van der Waals surface area contributed by atoms with E-state index < -0.39 is 0 Å². The highest BCUT2D eigenvalue weighted by molar-refractivity contribution is 5.76. The van der Waals surface area contributed by atoms with Gasteiger partial charge in [0.15, 0.2) is 0 Å². The summed E-state index contributed by atoms with van der Waals surface area (Å²) >= 11 is 0. The Morgan fingerprint density at radius 1 is 1.56 bits per heavy atom. The molecular formula is C12H24N2O2. The Kier molecular flexibility index (Phi) is 6.42. The molecule has 1 unspecified atom stereocenters. The number of nitrogens with zero attached hydrogens (tertiary/aromatic N) is 1. The van der Waals surface area contributed by atoms with E-state index in [1.54, 1.807) is 0 Å². The van der Waals surface area contributed by atoms with Gasteiger partial charge in [0.1, 0.15) is 0 Å². The van der Waals surface area contributed by atoms with Crippen LogP contribution in [-0.2, 0) is 9.53 Å². The maximum absolute atomic E-state index is 11.8. The minimum Gasteiger partial charge on any atom is -0.381 e. The molecule has 1 N–H and O–H groups in total. The van der Waals surface area contributed by atoms with Crippen LogP contribution in [0.2, 0.25) is 0 Å². The van der Waals surface area contributed by atoms with Crippen molar-refractivity contribution >= 4 is 5.91 Å². The molecule has 0 aliphatic carbocycles. The molecule has 16 heavy (non-hydrogen) atoms. The molecule has 1 heterocycles. The fourth-order valence-corrected chi connectivity index (χ4v) is 2.05. The quantitative estimate of drug-likeness (QED) is 0.657. The average Bonchev–Trinajstić information content (AvgIpc) is 2.75. The lowest BCUT2D eigenvalue weighted by atomic mass is 10.1. The Morgan fingerprint density at radius 3 is 3.06 bits per heavy atom. The molecule has 4 heteroatoms. The first-order chi connectivity index (χ1) is 7.77. The van der Waals surface area contributed by atoms with Gasteiger partial charge < -0.3 is 15.0 Å². The van der Waals surface area contributed by atoms with Crippen LogP contribution in [0.1, 0.15) is 26.2 Å². The van der Waals surface area contributed by atoms with Gasteiger partial charge in [0.05, 0.1) is 6.61 Å². The monoisotopic (exact) mass is 228 g/mol. The minimum atomic E-state index is 0.300. The van der Waals surface area contributed by atoms with Crippen molar-refractivity contribution in [3.63, 3.8) is 0 Å². The van der Waals surface area contributed by atoms with Crippen LogP contribution in [0.25, 0.3) is 0 Å². The third kappa shape index (κ3) is 4.49. The van der Waals surface area contributed by atoms with Crippen molar-refractivity contribution in [1.29, 1.82) is 0 Å². The lowest BCUT2D eigenvalue weighted by molar-refractivity contribution is -0.130. The Bertz CT molecular complexity index is 209. The Balaban J connectivity index is 2.16. The van der Waals surface area contributed by atoms with Gasteiger partial charge in [-0.05, 0) is 33.4 Å². The summed E-state index contributed by atoms with van der Waals surface area (Å²) in [7, 11) is 1.92. The van der Waals surface area contributed by atoms with E-state index in [0.717, 1.165) is 45.7 Å². The average molecular weight is 228 g/mol. The van der Waals surface area contributed by atoms with Gasteiger partial charge in [0, 0.05) is 32.0 Å². The second-order valence-corrected chi connectivity index (χ2v) is 4.36. The van der Waals surface area contributed by atoms with Crippen molar-refractivity contribution in [2.45, 2.75) is 26.2 Å². The minimum absolute atomic E-state index is 0.300. The molecule has 94 valence electrons. The van der Waals surface area contributed by atoms with Crippen molar-refractivity contribution in [3.8, 4) is 0 Å². The van der Waals surface area contributed by atoms with Crippen molar-refractivity contribution in [2.75, 3.05) is 39.9 Å². The van der Waals surface area contributed by atoms with E-state index in [2.05, 4.69) is 5.32 Å². The van der Waals surface area contributed by atoms with Gasteiger partial charge in [0.25, 0.3) is 0 Å². The number of likely N-dealkylation sites (tertiary alicyclic amines) is 1. The number of carbonyl (C=O) groups is 1. The number of rotatable bonds is 7. The molecule has 1 rings (SSSR count). The fourth-order valence-electron chi connectivity index (χ4n) is 2.05. The van der Waals surface area contributed by atoms with Crippen molar-refractivity contribution in [1.82, 2.24) is 10.2 Å². The van der Waals surface area contributed by atoms with Crippen LogP contribution in [0.5, 0.6) is 0 Å². The molecule has 0 bridgehead atoms. The number of carbonyl (C=O) groups excluding carboxylic acids is 1. The molecule has 1 saturated heterocycles. The summed E-state index contributed by atoms with van der Waals surface area (Å²) in [5.41, 5.74) is 0. The maximum Gasteiger partial charge on any atom is 0.222 e. The first-order valence-electron chi connectivity index (χ1n) is 6.28. The third-order valence-corrected chi connectivity index (χ3v) is 3.01. The van der Waals surface area contributed by atoms with Crippen molar-refractivity contribution in [3.05, 3.63) is 0 Å². The van der Waals surface area contributed by atoms with Crippen LogP contribution in [-0.4, -0.2) is 50.7 Å². The lowest BCUT2D eigenvalue weighted by Gasteiger charge is -2.16. The van der Waals surface area contributed by atoms with Gasteiger partial charge in [-0.3, -0.25) is 4.79 Å². The summed E-state index contributed by atoms with van der Waals surface area (Å²) in [5, 5.41) is 3.06. The molecule has 0 spiro atoms. The van der Waals surface area contributed by atoms with Gasteiger partial charge in [0.2, 0.25) is 5.91 Å². The second-order valence-electron chi connectivity index (χ2n) is 4.36. The predicted molar refractivity (Wildman–Crippen MR) is 64.3 cm³/mol. The molecule has 0 saturated carbocycles. The molecular weight excluding hydrogens is 204 g/mol. The molecule has 0 aromatic rings. The number of ether oxygens (including phenoxy) is 1. The molecule has 0 radical (unpaired) electrons. The van der Waals surface area contributed by atoms with E-state index in [1.807, 2.05) is 18.9 Å². The number of nitrogens with one attached hydrogen (secondary N) is 1. The summed E-state index contributed by atoms with van der Waals surface area (Å²) in [6.07, 6.45) is 2.70. The topological polar surface area (TPSA) is 41.6 Å². The van der Waals surface area contributed by atoms with Gasteiger partial charge in [-0.1, -0.05) is 0 Å². The second kappa shape index (κ2) is 7.63. The van der Waals surface area contributed by atoms with Gasteiger partial charge in [-0.15, -0.1) is 0 Å². The highest BCUT2D eigenvalue weighted by atomic mass is 16.5. The first-order valence-corrected chi connectivity index (χ1v) is 6.28. The molecule has 1 amide bonds.